The van der Waals surface area contributed by atoms with Gasteiger partial charge in [-0.3, -0.25) is 9.59 Å². The fourth-order valence-corrected chi connectivity index (χ4v) is 2.69. The summed E-state index contributed by atoms with van der Waals surface area (Å²) in [7, 11) is 0. The normalized spacial score (nSPS) is 12.1. The quantitative estimate of drug-likeness (QED) is 0.768. The molecule has 1 N–H and O–H groups in total. The smallest absolute Gasteiger partial charge is 0.287 e. The molecular weight excluding hydrogens is 326 g/mol. The highest BCUT2D eigenvalue weighted by molar-refractivity contribution is 6.30. The molecule has 0 aliphatic carbocycles. The molecule has 1 amide bonds. The number of fused-ring (bicyclic) bond motifs is 1. The van der Waals surface area contributed by atoms with Crippen LogP contribution in [0.5, 0.6) is 0 Å². The molecule has 1 aromatic heterocycles. The van der Waals surface area contributed by atoms with Crippen molar-refractivity contribution >= 4 is 28.5 Å². The number of carbonyl (C=O) groups is 1. The summed E-state index contributed by atoms with van der Waals surface area (Å²) in [6.07, 6.45) is 0.700. The zero-order valence-electron chi connectivity index (χ0n) is 13.1. The van der Waals surface area contributed by atoms with E-state index in [-0.39, 0.29) is 17.2 Å². The summed E-state index contributed by atoms with van der Waals surface area (Å²) >= 11 is 5.90. The number of rotatable bonds is 4. The van der Waals surface area contributed by atoms with Gasteiger partial charge in [-0.05, 0) is 36.2 Å². The van der Waals surface area contributed by atoms with Crippen molar-refractivity contribution in [3.8, 4) is 0 Å². The highest BCUT2D eigenvalue weighted by Crippen LogP contribution is 2.20. The van der Waals surface area contributed by atoms with Crippen molar-refractivity contribution in [3.05, 3.63) is 81.2 Å². The van der Waals surface area contributed by atoms with Gasteiger partial charge < -0.3 is 9.73 Å². The molecule has 0 radical (unpaired) electrons. The maximum Gasteiger partial charge on any atom is 0.287 e. The predicted molar refractivity (Wildman–Crippen MR) is 94.4 cm³/mol. The van der Waals surface area contributed by atoms with Crippen LogP contribution in [0, 0.1) is 0 Å². The number of carbonyl (C=O) groups excluding carboxylic acids is 1. The lowest BCUT2D eigenvalue weighted by Crippen LogP contribution is -2.28. The molecule has 122 valence electrons. The zero-order chi connectivity index (χ0) is 17.1. The van der Waals surface area contributed by atoms with Gasteiger partial charge in [0.15, 0.2) is 11.2 Å². The second-order valence-corrected chi connectivity index (χ2v) is 5.89. The third kappa shape index (κ3) is 3.34. The van der Waals surface area contributed by atoms with Gasteiger partial charge in [0.25, 0.3) is 5.91 Å². The fraction of sp³-hybridized carbons (Fsp3) is 0.158. The molecule has 1 unspecified atom stereocenters. The van der Waals surface area contributed by atoms with Crippen molar-refractivity contribution in [1.29, 1.82) is 0 Å². The Kier molecular flexibility index (Phi) is 4.67. The number of nitrogens with one attached hydrogen (secondary N) is 1. The van der Waals surface area contributed by atoms with Gasteiger partial charge in [-0.15, -0.1) is 0 Å². The molecule has 3 rings (SSSR count). The largest absolute Gasteiger partial charge is 0.451 e. The van der Waals surface area contributed by atoms with Crippen LogP contribution >= 0.6 is 11.6 Å². The van der Waals surface area contributed by atoms with E-state index >= 15 is 0 Å². The summed E-state index contributed by atoms with van der Waals surface area (Å²) < 4.78 is 5.57. The van der Waals surface area contributed by atoms with E-state index in [0.29, 0.717) is 22.4 Å². The van der Waals surface area contributed by atoms with Crippen molar-refractivity contribution in [2.75, 3.05) is 0 Å². The molecule has 4 nitrogen and oxygen atoms in total. The standard InChI is InChI=1S/C19H16ClNO3/c1-2-15(12-7-9-13(20)10-8-12)21-19(23)18-11-16(22)14-5-3-4-6-17(14)24-18/h3-11,15H,2H2,1H3,(H,21,23). The minimum absolute atomic E-state index is 0.00566. The molecule has 5 heteroatoms. The van der Waals surface area contributed by atoms with Crippen LogP contribution in [-0.2, 0) is 0 Å². The Morgan fingerprint density at radius 1 is 1.17 bits per heavy atom. The van der Waals surface area contributed by atoms with Crippen molar-refractivity contribution in [1.82, 2.24) is 5.32 Å². The van der Waals surface area contributed by atoms with Gasteiger partial charge in [0, 0.05) is 11.1 Å². The lowest BCUT2D eigenvalue weighted by Gasteiger charge is -2.17. The van der Waals surface area contributed by atoms with E-state index in [1.807, 2.05) is 19.1 Å². The van der Waals surface area contributed by atoms with Crippen LogP contribution in [0.25, 0.3) is 11.0 Å². The Hall–Kier alpha value is -2.59. The van der Waals surface area contributed by atoms with E-state index in [1.165, 1.54) is 6.07 Å². The minimum Gasteiger partial charge on any atom is -0.451 e. The summed E-state index contributed by atoms with van der Waals surface area (Å²) in [6.45, 7) is 1.97. The maximum absolute atomic E-state index is 12.5. The van der Waals surface area contributed by atoms with Gasteiger partial charge in [0.2, 0.25) is 0 Å². The molecule has 2 aromatic carbocycles. The van der Waals surface area contributed by atoms with E-state index in [1.54, 1.807) is 36.4 Å². The number of hydrogen-bond donors (Lipinski definition) is 1. The Morgan fingerprint density at radius 2 is 1.88 bits per heavy atom. The lowest BCUT2D eigenvalue weighted by molar-refractivity contribution is 0.0908. The number of para-hydroxylation sites is 1. The second kappa shape index (κ2) is 6.89. The molecular formula is C19H16ClNO3. The van der Waals surface area contributed by atoms with E-state index < -0.39 is 5.91 Å². The topological polar surface area (TPSA) is 59.3 Å². The molecule has 0 aliphatic heterocycles. The Bertz CT molecular complexity index is 931. The van der Waals surface area contributed by atoms with Gasteiger partial charge in [-0.25, -0.2) is 0 Å². The summed E-state index contributed by atoms with van der Waals surface area (Å²) in [5.41, 5.74) is 1.11. The number of halogens is 1. The molecule has 0 aliphatic rings. The first-order valence-corrected chi connectivity index (χ1v) is 8.05. The van der Waals surface area contributed by atoms with Crippen LogP contribution < -0.4 is 10.7 Å². The third-order valence-electron chi connectivity index (χ3n) is 3.84. The maximum atomic E-state index is 12.5. The molecule has 0 saturated heterocycles. The first kappa shape index (κ1) is 16.3. The first-order chi connectivity index (χ1) is 11.6. The Labute approximate surface area is 144 Å². The van der Waals surface area contributed by atoms with Crippen LogP contribution in [0.1, 0.15) is 35.5 Å². The van der Waals surface area contributed by atoms with E-state index in [2.05, 4.69) is 5.32 Å². The minimum atomic E-state index is -0.417. The summed E-state index contributed by atoms with van der Waals surface area (Å²) in [6, 6.07) is 15.2. The Balaban J connectivity index is 1.88. The van der Waals surface area contributed by atoms with Crippen molar-refractivity contribution < 1.29 is 9.21 Å². The zero-order valence-corrected chi connectivity index (χ0v) is 13.8. The van der Waals surface area contributed by atoms with Crippen molar-refractivity contribution in [2.45, 2.75) is 19.4 Å². The SMILES string of the molecule is CCC(NC(=O)c1cc(=O)c2ccccc2o1)c1ccc(Cl)cc1. The van der Waals surface area contributed by atoms with Crippen molar-refractivity contribution in [3.63, 3.8) is 0 Å². The third-order valence-corrected chi connectivity index (χ3v) is 4.10. The number of benzene rings is 2. The van der Waals surface area contributed by atoms with Gasteiger partial charge in [-0.1, -0.05) is 42.8 Å². The highest BCUT2D eigenvalue weighted by atomic mass is 35.5. The van der Waals surface area contributed by atoms with E-state index in [0.717, 1.165) is 5.56 Å². The fourth-order valence-electron chi connectivity index (χ4n) is 2.56. The highest BCUT2D eigenvalue weighted by Gasteiger charge is 2.17. The summed E-state index contributed by atoms with van der Waals surface area (Å²) in [5, 5.41) is 3.99. The molecule has 0 spiro atoms. The van der Waals surface area contributed by atoms with Gasteiger partial charge in [0.1, 0.15) is 5.58 Å². The van der Waals surface area contributed by atoms with Crippen LogP contribution in [0.4, 0.5) is 0 Å². The molecule has 0 saturated carbocycles. The molecule has 0 fully saturated rings. The van der Waals surface area contributed by atoms with Crippen LogP contribution in [0.2, 0.25) is 5.02 Å². The van der Waals surface area contributed by atoms with Gasteiger partial charge in [0.05, 0.1) is 11.4 Å². The Morgan fingerprint density at radius 3 is 2.58 bits per heavy atom. The first-order valence-electron chi connectivity index (χ1n) is 7.67. The second-order valence-electron chi connectivity index (χ2n) is 5.46. The van der Waals surface area contributed by atoms with Crippen LogP contribution in [0.15, 0.2) is 63.8 Å². The van der Waals surface area contributed by atoms with Gasteiger partial charge in [-0.2, -0.15) is 0 Å². The average molecular weight is 342 g/mol. The number of hydrogen-bond acceptors (Lipinski definition) is 3. The average Bonchev–Trinajstić information content (AvgIpc) is 2.60. The summed E-state index contributed by atoms with van der Waals surface area (Å²) in [5.74, 6) is -0.411. The van der Waals surface area contributed by atoms with Crippen LogP contribution in [0.3, 0.4) is 0 Å². The lowest BCUT2D eigenvalue weighted by atomic mass is 10.0. The van der Waals surface area contributed by atoms with Gasteiger partial charge >= 0.3 is 0 Å². The number of amides is 1. The monoisotopic (exact) mass is 341 g/mol. The van der Waals surface area contributed by atoms with Crippen LogP contribution in [-0.4, -0.2) is 5.91 Å². The summed E-state index contributed by atoms with van der Waals surface area (Å²) in [4.78, 5) is 24.6. The van der Waals surface area contributed by atoms with E-state index in [9.17, 15) is 9.59 Å². The molecule has 1 heterocycles. The van der Waals surface area contributed by atoms with Crippen molar-refractivity contribution in [2.24, 2.45) is 0 Å². The molecule has 3 aromatic rings. The van der Waals surface area contributed by atoms with E-state index in [4.69, 9.17) is 16.0 Å². The molecule has 24 heavy (non-hydrogen) atoms. The predicted octanol–water partition coefficient (Wildman–Crippen LogP) is 4.33. The molecule has 1 atom stereocenters. The molecule has 0 bridgehead atoms.